The molecule has 0 aliphatic heterocycles. The Balaban J connectivity index is 0.814. The lowest BCUT2D eigenvalue weighted by Gasteiger charge is -2.09. The van der Waals surface area contributed by atoms with Gasteiger partial charge in [-0.05, 0) is 61.4 Å². The molecule has 6 rings (SSSR count). The highest BCUT2D eigenvalue weighted by atomic mass is 16.5. The van der Waals surface area contributed by atoms with Gasteiger partial charge in [-0.2, -0.15) is 0 Å². The number of fused-ring (bicyclic) bond motifs is 2. The molecular formula is C34H36N6O4. The monoisotopic (exact) mass is 592 g/mol. The van der Waals surface area contributed by atoms with Crippen molar-refractivity contribution in [1.82, 2.24) is 30.0 Å². The van der Waals surface area contributed by atoms with Crippen LogP contribution in [0, 0.1) is 0 Å². The van der Waals surface area contributed by atoms with Gasteiger partial charge in [0, 0.05) is 12.1 Å². The van der Waals surface area contributed by atoms with E-state index < -0.39 is 0 Å². The van der Waals surface area contributed by atoms with E-state index in [0.717, 1.165) is 47.8 Å². The fourth-order valence-corrected chi connectivity index (χ4v) is 5.10. The largest absolute Gasteiger partial charge is 0.505 e. The first-order valence-electron chi connectivity index (χ1n) is 15.2. The lowest BCUT2D eigenvalue weighted by atomic mass is 10.1. The summed E-state index contributed by atoms with van der Waals surface area (Å²) in [5, 5.41) is 38.7. The maximum absolute atomic E-state index is 10.5. The van der Waals surface area contributed by atoms with Gasteiger partial charge in [0.15, 0.2) is 0 Å². The molecule has 10 nitrogen and oxygen atoms in total. The Morgan fingerprint density at radius 3 is 1.14 bits per heavy atom. The third kappa shape index (κ3) is 7.08. The van der Waals surface area contributed by atoms with E-state index in [1.807, 2.05) is 60.7 Å². The summed E-state index contributed by atoms with van der Waals surface area (Å²) in [7, 11) is 0. The van der Waals surface area contributed by atoms with Crippen LogP contribution in [0.1, 0.15) is 51.4 Å². The van der Waals surface area contributed by atoms with Crippen LogP contribution in [0.25, 0.3) is 33.4 Å². The molecule has 4 aromatic carbocycles. The summed E-state index contributed by atoms with van der Waals surface area (Å²) >= 11 is 0. The predicted molar refractivity (Wildman–Crippen MR) is 169 cm³/mol. The summed E-state index contributed by atoms with van der Waals surface area (Å²) in [6.07, 6.45) is 8.92. The second-order valence-corrected chi connectivity index (χ2v) is 10.8. The minimum Gasteiger partial charge on any atom is -0.505 e. The molecule has 0 saturated carbocycles. The predicted octanol–water partition coefficient (Wildman–Crippen LogP) is 7.14. The average molecular weight is 593 g/mol. The van der Waals surface area contributed by atoms with Crippen molar-refractivity contribution < 1.29 is 19.7 Å². The molecule has 0 radical (unpaired) electrons. The van der Waals surface area contributed by atoms with Crippen molar-refractivity contribution in [2.45, 2.75) is 51.4 Å². The molecule has 2 N–H and O–H groups in total. The first-order chi connectivity index (χ1) is 21.6. The number of rotatable bonds is 15. The van der Waals surface area contributed by atoms with Crippen molar-refractivity contribution in [2.24, 2.45) is 0 Å². The molecule has 0 atom stereocenters. The van der Waals surface area contributed by atoms with Gasteiger partial charge in [0.05, 0.1) is 13.2 Å². The Bertz CT molecular complexity index is 1630. The third-order valence-corrected chi connectivity index (χ3v) is 7.47. The van der Waals surface area contributed by atoms with E-state index in [1.54, 1.807) is 24.3 Å². The Hall–Kier alpha value is -5.12. The van der Waals surface area contributed by atoms with Crippen LogP contribution >= 0.6 is 0 Å². The number of aromatic hydroxyl groups is 2. The van der Waals surface area contributed by atoms with Gasteiger partial charge >= 0.3 is 0 Å². The second kappa shape index (κ2) is 13.9. The van der Waals surface area contributed by atoms with Crippen LogP contribution in [0.2, 0.25) is 0 Å². The molecule has 0 amide bonds. The molecule has 0 saturated heterocycles. The quantitative estimate of drug-likeness (QED) is 0.121. The summed E-state index contributed by atoms with van der Waals surface area (Å²) in [5.41, 5.74) is 4.15. The lowest BCUT2D eigenvalue weighted by Crippen LogP contribution is -2.01. The highest BCUT2D eigenvalue weighted by molar-refractivity contribution is 5.74. The Morgan fingerprint density at radius 2 is 0.795 bits per heavy atom. The first-order valence-corrected chi connectivity index (χ1v) is 15.2. The number of benzene rings is 4. The van der Waals surface area contributed by atoms with Gasteiger partial charge < -0.3 is 19.7 Å². The van der Waals surface area contributed by atoms with Gasteiger partial charge in [-0.3, -0.25) is 0 Å². The van der Waals surface area contributed by atoms with E-state index in [-0.39, 0.29) is 11.5 Å². The molecule has 2 aromatic heterocycles. The van der Waals surface area contributed by atoms with Gasteiger partial charge in [-0.1, -0.05) is 62.8 Å². The molecule has 0 aliphatic carbocycles. The SMILES string of the molecule is Oc1cc(OCCCCCCCCCCOc2ccc(-n3nc4ccccc4n3)c(O)c2)ccc1-n1nc2ccccc2n1. The topological polar surface area (TPSA) is 120 Å². The molecule has 2 heterocycles. The van der Waals surface area contributed by atoms with Crippen LogP contribution in [0.4, 0.5) is 0 Å². The minimum atomic E-state index is 0.0843. The summed E-state index contributed by atoms with van der Waals surface area (Å²) in [5.74, 6) is 1.45. The standard InChI is InChI=1S/C34H36N6O4/c41-33-23-25(17-19-31(33)39-35-27-13-7-8-14-28(27)36-39)43-21-11-5-3-1-2-4-6-12-22-44-26-18-20-32(34(42)24-26)40-37-29-15-9-10-16-30(29)38-40/h7-10,13-20,23-24,41-42H,1-6,11-12,21-22H2. The highest BCUT2D eigenvalue weighted by Crippen LogP contribution is 2.28. The molecule has 226 valence electrons. The Morgan fingerprint density at radius 1 is 0.455 bits per heavy atom. The number of aromatic nitrogens is 6. The molecular weight excluding hydrogens is 556 g/mol. The molecule has 0 fully saturated rings. The van der Waals surface area contributed by atoms with Gasteiger partial charge in [-0.25, -0.2) is 0 Å². The van der Waals surface area contributed by atoms with E-state index in [0.29, 0.717) is 36.1 Å². The number of phenolic OH excluding ortho intramolecular Hbond substituents is 2. The molecule has 0 aliphatic rings. The number of hydrogen-bond acceptors (Lipinski definition) is 8. The third-order valence-electron chi connectivity index (χ3n) is 7.47. The van der Waals surface area contributed by atoms with Gasteiger partial charge in [0.2, 0.25) is 0 Å². The Labute approximate surface area is 255 Å². The van der Waals surface area contributed by atoms with Crippen molar-refractivity contribution in [3.63, 3.8) is 0 Å². The molecule has 10 heteroatoms. The fourth-order valence-electron chi connectivity index (χ4n) is 5.10. The van der Waals surface area contributed by atoms with E-state index in [2.05, 4.69) is 20.4 Å². The summed E-state index contributed by atoms with van der Waals surface area (Å²) in [4.78, 5) is 2.90. The van der Waals surface area contributed by atoms with Gasteiger partial charge in [-0.15, -0.1) is 30.0 Å². The Kier molecular flexibility index (Phi) is 9.15. The zero-order valence-electron chi connectivity index (χ0n) is 24.5. The average Bonchev–Trinajstić information content (AvgIpc) is 3.66. The summed E-state index contributed by atoms with van der Waals surface area (Å²) in [6, 6.07) is 25.7. The van der Waals surface area contributed by atoms with Gasteiger partial charge in [0.1, 0.15) is 56.4 Å². The second-order valence-electron chi connectivity index (χ2n) is 10.8. The zero-order valence-corrected chi connectivity index (χ0v) is 24.5. The van der Waals surface area contributed by atoms with Gasteiger partial charge in [0.25, 0.3) is 0 Å². The van der Waals surface area contributed by atoms with Crippen LogP contribution in [0.15, 0.2) is 84.9 Å². The smallest absolute Gasteiger partial charge is 0.146 e. The number of ether oxygens (including phenoxy) is 2. The van der Waals surface area contributed by atoms with Crippen molar-refractivity contribution in [3.05, 3.63) is 84.9 Å². The first kappa shape index (κ1) is 29.0. The van der Waals surface area contributed by atoms with Crippen LogP contribution < -0.4 is 9.47 Å². The normalized spacial score (nSPS) is 11.4. The number of hydrogen-bond donors (Lipinski definition) is 2. The van der Waals surface area contributed by atoms with Crippen LogP contribution in [-0.4, -0.2) is 53.4 Å². The number of phenols is 2. The van der Waals surface area contributed by atoms with E-state index in [4.69, 9.17) is 9.47 Å². The van der Waals surface area contributed by atoms with Crippen LogP contribution in [0.5, 0.6) is 23.0 Å². The summed E-state index contributed by atoms with van der Waals surface area (Å²) in [6.45, 7) is 1.23. The summed E-state index contributed by atoms with van der Waals surface area (Å²) < 4.78 is 11.7. The van der Waals surface area contributed by atoms with Crippen molar-refractivity contribution in [1.29, 1.82) is 0 Å². The van der Waals surface area contributed by atoms with E-state index in [1.165, 1.54) is 35.3 Å². The molecule has 0 unspecified atom stereocenters. The number of nitrogens with zero attached hydrogens (tertiary/aromatic N) is 6. The molecule has 0 bridgehead atoms. The molecule has 6 aromatic rings. The van der Waals surface area contributed by atoms with Crippen LogP contribution in [0.3, 0.4) is 0 Å². The number of unbranched alkanes of at least 4 members (excludes halogenated alkanes) is 7. The van der Waals surface area contributed by atoms with E-state index >= 15 is 0 Å². The van der Waals surface area contributed by atoms with Crippen LogP contribution in [-0.2, 0) is 0 Å². The fraction of sp³-hybridized carbons (Fsp3) is 0.294. The molecule has 0 spiro atoms. The van der Waals surface area contributed by atoms with E-state index in [9.17, 15) is 10.2 Å². The lowest BCUT2D eigenvalue weighted by molar-refractivity contribution is 0.299. The maximum atomic E-state index is 10.5. The highest BCUT2D eigenvalue weighted by Gasteiger charge is 2.11. The van der Waals surface area contributed by atoms with Crippen molar-refractivity contribution in [3.8, 4) is 34.4 Å². The molecule has 44 heavy (non-hydrogen) atoms. The van der Waals surface area contributed by atoms with Crippen molar-refractivity contribution >= 4 is 22.1 Å². The maximum Gasteiger partial charge on any atom is 0.146 e. The van der Waals surface area contributed by atoms with Crippen molar-refractivity contribution in [2.75, 3.05) is 13.2 Å². The zero-order chi connectivity index (χ0) is 30.1. The minimum absolute atomic E-state index is 0.0843.